The Kier molecular flexibility index (Phi) is 6.55. The number of allylic oxidation sites excluding steroid dienone is 1. The highest BCUT2D eigenvalue weighted by Gasteiger charge is 2.15. The molecule has 0 bridgehead atoms. The van der Waals surface area contributed by atoms with Crippen molar-refractivity contribution in [1.29, 1.82) is 0 Å². The maximum Gasteiger partial charge on any atom is 0.238 e. The topological polar surface area (TPSA) is 86.2 Å². The van der Waals surface area contributed by atoms with Crippen LogP contribution in [0.5, 0.6) is 5.88 Å². The van der Waals surface area contributed by atoms with Gasteiger partial charge in [-0.1, -0.05) is 18.2 Å². The quantitative estimate of drug-likeness (QED) is 0.599. The molecular weight excluding hydrogens is 392 g/mol. The summed E-state index contributed by atoms with van der Waals surface area (Å²) in [5, 5.41) is 13.0. The van der Waals surface area contributed by atoms with E-state index in [4.69, 9.17) is 0 Å². The van der Waals surface area contributed by atoms with Gasteiger partial charge in [0.15, 0.2) is 5.82 Å². The van der Waals surface area contributed by atoms with Crippen LogP contribution in [0.1, 0.15) is 16.8 Å². The molecule has 1 aliphatic heterocycles. The first-order valence-electron chi connectivity index (χ1n) is 7.68. The number of halogens is 3. The van der Waals surface area contributed by atoms with E-state index in [1.807, 2.05) is 12.1 Å². The van der Waals surface area contributed by atoms with Gasteiger partial charge in [-0.25, -0.2) is 14.4 Å². The summed E-state index contributed by atoms with van der Waals surface area (Å²) in [7, 11) is 0. The number of benzene rings is 1. The predicted molar refractivity (Wildman–Crippen MR) is 109 cm³/mol. The number of hydrogen-bond acceptors (Lipinski definition) is 5. The van der Waals surface area contributed by atoms with Gasteiger partial charge in [-0.3, -0.25) is 0 Å². The van der Waals surface area contributed by atoms with Crippen molar-refractivity contribution in [2.45, 2.75) is 6.54 Å². The number of aliphatic imine (C=N–C) groups is 1. The molecule has 6 nitrogen and oxygen atoms in total. The minimum Gasteiger partial charge on any atom is -0.492 e. The van der Waals surface area contributed by atoms with Crippen molar-refractivity contribution in [3.05, 3.63) is 65.2 Å². The third-order valence-electron chi connectivity index (χ3n) is 3.84. The average Bonchev–Trinajstić information content (AvgIpc) is 3.19. The fourth-order valence-corrected chi connectivity index (χ4v) is 2.58. The SMILES string of the molecule is Cl.Cl.Oc1nc(NCc2ccccc2F)[nH]c1/C=C1\C=Nc2ncccc21. The number of anilines is 1. The number of aromatic hydroxyl groups is 1. The summed E-state index contributed by atoms with van der Waals surface area (Å²) in [5.74, 6) is 0.563. The Balaban J connectivity index is 0.00000131. The Bertz CT molecular complexity index is 1000. The van der Waals surface area contributed by atoms with E-state index in [1.54, 1.807) is 36.7 Å². The van der Waals surface area contributed by atoms with Crippen LogP contribution in [0.4, 0.5) is 16.2 Å². The van der Waals surface area contributed by atoms with Crippen molar-refractivity contribution in [3.8, 4) is 5.88 Å². The van der Waals surface area contributed by atoms with Crippen molar-refractivity contribution in [1.82, 2.24) is 15.0 Å². The minimum atomic E-state index is -0.292. The molecule has 0 spiro atoms. The zero-order chi connectivity index (χ0) is 17.2. The normalized spacial score (nSPS) is 13.0. The molecule has 1 aliphatic rings. The molecule has 0 fully saturated rings. The summed E-state index contributed by atoms with van der Waals surface area (Å²) in [5.41, 5.74) is 2.66. The molecular formula is C18H16Cl2FN5O. The Morgan fingerprint density at radius 1 is 1.15 bits per heavy atom. The molecule has 1 aromatic carbocycles. The second-order valence-electron chi connectivity index (χ2n) is 5.50. The number of nitrogens with one attached hydrogen (secondary N) is 2. The van der Waals surface area contributed by atoms with Gasteiger partial charge >= 0.3 is 0 Å². The molecule has 0 amide bonds. The molecule has 0 radical (unpaired) electrons. The van der Waals surface area contributed by atoms with Crippen LogP contribution in [0.15, 0.2) is 47.6 Å². The van der Waals surface area contributed by atoms with Gasteiger partial charge in [-0.2, -0.15) is 4.98 Å². The number of hydrogen-bond donors (Lipinski definition) is 3. The lowest BCUT2D eigenvalue weighted by Gasteiger charge is -2.03. The van der Waals surface area contributed by atoms with Crippen LogP contribution < -0.4 is 5.32 Å². The lowest BCUT2D eigenvalue weighted by Crippen LogP contribution is -2.02. The summed E-state index contributed by atoms with van der Waals surface area (Å²) < 4.78 is 13.6. The van der Waals surface area contributed by atoms with Crippen LogP contribution in [0.25, 0.3) is 11.6 Å². The largest absolute Gasteiger partial charge is 0.492 e. The summed E-state index contributed by atoms with van der Waals surface area (Å²) in [6.45, 7) is 0.254. The summed E-state index contributed by atoms with van der Waals surface area (Å²) in [6, 6.07) is 10.2. The number of aromatic nitrogens is 3. The fourth-order valence-electron chi connectivity index (χ4n) is 2.58. The van der Waals surface area contributed by atoms with E-state index in [9.17, 15) is 9.50 Å². The number of imidazole rings is 1. The lowest BCUT2D eigenvalue weighted by atomic mass is 10.1. The van der Waals surface area contributed by atoms with Crippen LogP contribution in [0, 0.1) is 5.82 Å². The Morgan fingerprint density at radius 3 is 2.78 bits per heavy atom. The van der Waals surface area contributed by atoms with Gasteiger partial charge in [0, 0.05) is 35.7 Å². The maximum absolute atomic E-state index is 13.6. The van der Waals surface area contributed by atoms with Crippen molar-refractivity contribution >= 4 is 54.4 Å². The zero-order valence-electron chi connectivity index (χ0n) is 13.9. The molecule has 140 valence electrons. The standard InChI is InChI=1S/C18H14FN5O.2ClH/c19-14-6-2-1-4-11(14)9-22-18-23-15(17(25)24-18)8-12-10-21-16-13(12)5-3-7-20-16;;/h1-8,10,25H,9H2,(H2,22,23,24);2*1H/b12-8+;;. The van der Waals surface area contributed by atoms with Crippen molar-refractivity contribution in [2.75, 3.05) is 5.32 Å². The van der Waals surface area contributed by atoms with Gasteiger partial charge in [0.25, 0.3) is 0 Å². The first-order valence-corrected chi connectivity index (χ1v) is 7.68. The first-order chi connectivity index (χ1) is 12.2. The molecule has 3 heterocycles. The number of nitrogens with zero attached hydrogens (tertiary/aromatic N) is 3. The molecule has 4 rings (SSSR count). The number of aromatic amines is 1. The highest BCUT2D eigenvalue weighted by molar-refractivity contribution is 6.20. The fraction of sp³-hybridized carbons (Fsp3) is 0.0556. The van der Waals surface area contributed by atoms with Gasteiger partial charge in [-0.15, -0.1) is 24.8 Å². The smallest absolute Gasteiger partial charge is 0.238 e. The van der Waals surface area contributed by atoms with Gasteiger partial charge in [0.05, 0.1) is 0 Å². The third kappa shape index (κ3) is 4.27. The number of rotatable bonds is 4. The molecule has 2 aromatic heterocycles. The van der Waals surface area contributed by atoms with E-state index in [1.165, 1.54) is 6.07 Å². The van der Waals surface area contributed by atoms with Crippen LogP contribution in [-0.2, 0) is 6.54 Å². The van der Waals surface area contributed by atoms with E-state index in [-0.39, 0.29) is 43.1 Å². The van der Waals surface area contributed by atoms with Gasteiger partial charge < -0.3 is 15.4 Å². The monoisotopic (exact) mass is 407 g/mol. The second-order valence-corrected chi connectivity index (χ2v) is 5.50. The number of H-pyrrole nitrogens is 1. The van der Waals surface area contributed by atoms with Gasteiger partial charge in [-0.05, 0) is 24.3 Å². The maximum atomic E-state index is 13.6. The molecule has 27 heavy (non-hydrogen) atoms. The molecule has 0 saturated heterocycles. The Labute approximate surface area is 167 Å². The van der Waals surface area contributed by atoms with Gasteiger partial charge in [0.2, 0.25) is 11.8 Å². The summed E-state index contributed by atoms with van der Waals surface area (Å²) in [6.07, 6.45) is 5.11. The zero-order valence-corrected chi connectivity index (χ0v) is 15.5. The predicted octanol–water partition coefficient (Wildman–Crippen LogP) is 4.36. The van der Waals surface area contributed by atoms with Gasteiger partial charge in [0.1, 0.15) is 11.5 Å². The third-order valence-corrected chi connectivity index (χ3v) is 3.84. The van der Waals surface area contributed by atoms with E-state index in [0.717, 1.165) is 11.1 Å². The molecule has 0 unspecified atom stereocenters. The first kappa shape index (κ1) is 20.4. The molecule has 3 N–H and O–H groups in total. The number of pyridine rings is 1. The second kappa shape index (κ2) is 8.66. The van der Waals surface area contributed by atoms with Crippen LogP contribution >= 0.6 is 24.8 Å². The lowest BCUT2D eigenvalue weighted by molar-refractivity contribution is 0.455. The van der Waals surface area contributed by atoms with E-state index < -0.39 is 0 Å². The molecule has 0 saturated carbocycles. The highest BCUT2D eigenvalue weighted by atomic mass is 35.5. The van der Waals surface area contributed by atoms with E-state index in [0.29, 0.717) is 23.0 Å². The molecule has 0 aliphatic carbocycles. The van der Waals surface area contributed by atoms with Crippen LogP contribution in [0.2, 0.25) is 0 Å². The van der Waals surface area contributed by atoms with Crippen molar-refractivity contribution in [2.24, 2.45) is 4.99 Å². The minimum absolute atomic E-state index is 0. The average molecular weight is 408 g/mol. The van der Waals surface area contributed by atoms with Crippen LogP contribution in [-0.4, -0.2) is 26.3 Å². The van der Waals surface area contributed by atoms with E-state index >= 15 is 0 Å². The highest BCUT2D eigenvalue weighted by Crippen LogP contribution is 2.31. The Hall–Kier alpha value is -2.90. The van der Waals surface area contributed by atoms with Crippen LogP contribution in [0.3, 0.4) is 0 Å². The molecule has 0 atom stereocenters. The summed E-state index contributed by atoms with van der Waals surface area (Å²) in [4.78, 5) is 15.4. The molecule has 3 aromatic rings. The van der Waals surface area contributed by atoms with Crippen molar-refractivity contribution in [3.63, 3.8) is 0 Å². The van der Waals surface area contributed by atoms with E-state index in [2.05, 4.69) is 25.3 Å². The summed E-state index contributed by atoms with van der Waals surface area (Å²) >= 11 is 0. The van der Waals surface area contributed by atoms with Crippen molar-refractivity contribution < 1.29 is 9.50 Å². The molecule has 9 heteroatoms. The Morgan fingerprint density at radius 2 is 1.96 bits per heavy atom. The number of fused-ring (bicyclic) bond motifs is 1.